The van der Waals surface area contributed by atoms with E-state index in [0.29, 0.717) is 11.3 Å². The van der Waals surface area contributed by atoms with Gasteiger partial charge in [-0.2, -0.15) is 5.26 Å². The first kappa shape index (κ1) is 19.7. The Hall–Kier alpha value is -2.65. The van der Waals surface area contributed by atoms with Crippen LogP contribution in [-0.2, 0) is 9.53 Å². The molecule has 6 heteroatoms. The van der Waals surface area contributed by atoms with Crippen molar-refractivity contribution in [3.63, 3.8) is 0 Å². The molecular formula is C20H19BrN2O3. The number of ether oxygens (including phenoxy) is 1. The maximum Gasteiger partial charge on any atom is 0.338 e. The Morgan fingerprint density at radius 3 is 2.46 bits per heavy atom. The van der Waals surface area contributed by atoms with Gasteiger partial charge in [0.25, 0.3) is 5.91 Å². The van der Waals surface area contributed by atoms with E-state index in [1.807, 2.05) is 38.1 Å². The molecule has 0 heterocycles. The van der Waals surface area contributed by atoms with E-state index in [4.69, 9.17) is 10.00 Å². The number of carbonyl (C=O) groups excluding carboxylic acids is 2. The lowest BCUT2D eigenvalue weighted by Crippen LogP contribution is -2.35. The Morgan fingerprint density at radius 1 is 1.15 bits per heavy atom. The number of hydrogen-bond donors (Lipinski definition) is 0. The largest absolute Gasteiger partial charge is 0.452 e. The van der Waals surface area contributed by atoms with Gasteiger partial charge in [-0.25, -0.2) is 4.79 Å². The van der Waals surface area contributed by atoms with Gasteiger partial charge >= 0.3 is 5.97 Å². The number of nitrogens with zero attached hydrogens (tertiary/aromatic N) is 2. The average Bonchev–Trinajstić information content (AvgIpc) is 2.59. The van der Waals surface area contributed by atoms with Gasteiger partial charge in [0.1, 0.15) is 0 Å². The van der Waals surface area contributed by atoms with Crippen LogP contribution in [0.3, 0.4) is 0 Å². The number of anilines is 1. The number of hydrogen-bond acceptors (Lipinski definition) is 4. The molecule has 1 amide bonds. The third kappa shape index (κ3) is 5.43. The molecule has 0 bridgehead atoms. The van der Waals surface area contributed by atoms with Gasteiger partial charge < -0.3 is 9.64 Å². The predicted octanol–water partition coefficient (Wildman–Crippen LogP) is 4.17. The highest BCUT2D eigenvalue weighted by Gasteiger charge is 2.18. The molecule has 0 N–H and O–H groups in total. The fraction of sp³-hybridized carbons (Fsp3) is 0.250. The zero-order valence-electron chi connectivity index (χ0n) is 14.7. The SMILES string of the molecule is Cc1cc(C)cc(N(CCC#N)C(=O)COC(=O)c2cccc(Br)c2)c1. The number of carbonyl (C=O) groups is 2. The van der Waals surface area contributed by atoms with Gasteiger partial charge in [0.2, 0.25) is 0 Å². The van der Waals surface area contributed by atoms with Crippen molar-refractivity contribution in [2.24, 2.45) is 0 Å². The van der Waals surface area contributed by atoms with Crippen LogP contribution in [0.2, 0.25) is 0 Å². The number of rotatable bonds is 6. The lowest BCUT2D eigenvalue weighted by atomic mass is 10.1. The summed E-state index contributed by atoms with van der Waals surface area (Å²) in [4.78, 5) is 26.2. The Labute approximate surface area is 161 Å². The second kappa shape index (κ2) is 9.16. The molecular weight excluding hydrogens is 396 g/mol. The number of benzene rings is 2. The minimum absolute atomic E-state index is 0.193. The summed E-state index contributed by atoms with van der Waals surface area (Å²) in [7, 11) is 0. The molecule has 0 aliphatic carbocycles. The van der Waals surface area contributed by atoms with Crippen LogP contribution in [0.1, 0.15) is 27.9 Å². The first-order chi connectivity index (χ1) is 12.4. The topological polar surface area (TPSA) is 70.4 Å². The molecule has 0 spiro atoms. The van der Waals surface area contributed by atoms with Crippen LogP contribution in [0.25, 0.3) is 0 Å². The molecule has 0 aromatic heterocycles. The fourth-order valence-electron chi connectivity index (χ4n) is 2.57. The number of nitriles is 1. The first-order valence-corrected chi connectivity index (χ1v) is 8.88. The van der Waals surface area contributed by atoms with Crippen LogP contribution in [0.15, 0.2) is 46.9 Å². The second-order valence-electron chi connectivity index (χ2n) is 5.89. The number of esters is 1. The summed E-state index contributed by atoms with van der Waals surface area (Å²) >= 11 is 3.29. The Bertz CT molecular complexity index is 838. The van der Waals surface area contributed by atoms with Gasteiger partial charge in [0, 0.05) is 16.7 Å². The smallest absolute Gasteiger partial charge is 0.338 e. The first-order valence-electron chi connectivity index (χ1n) is 8.09. The third-order valence-corrected chi connectivity index (χ3v) is 4.15. The van der Waals surface area contributed by atoms with Crippen molar-refractivity contribution >= 4 is 33.5 Å². The second-order valence-corrected chi connectivity index (χ2v) is 6.80. The number of amides is 1. The predicted molar refractivity (Wildman–Crippen MR) is 103 cm³/mol. The maximum atomic E-state index is 12.6. The summed E-state index contributed by atoms with van der Waals surface area (Å²) in [6.45, 7) is 3.74. The van der Waals surface area contributed by atoms with Crippen molar-refractivity contribution in [2.45, 2.75) is 20.3 Å². The minimum atomic E-state index is -0.569. The molecule has 2 aromatic rings. The molecule has 0 aliphatic rings. The summed E-state index contributed by atoms with van der Waals surface area (Å²) in [5.74, 6) is -0.936. The van der Waals surface area contributed by atoms with Gasteiger partial charge in [-0.05, 0) is 55.3 Å². The summed E-state index contributed by atoms with van der Waals surface area (Å²) in [6.07, 6.45) is 0.193. The lowest BCUT2D eigenvalue weighted by molar-refractivity contribution is -0.121. The highest BCUT2D eigenvalue weighted by molar-refractivity contribution is 9.10. The standard InChI is InChI=1S/C20H19BrN2O3/c1-14-9-15(2)11-18(10-14)23(8-4-7-22)19(24)13-26-20(25)16-5-3-6-17(21)12-16/h3,5-6,9-12H,4,8,13H2,1-2H3. The van der Waals surface area contributed by atoms with E-state index in [2.05, 4.69) is 15.9 Å². The molecule has 0 aliphatic heterocycles. The highest BCUT2D eigenvalue weighted by Crippen LogP contribution is 2.20. The summed E-state index contributed by atoms with van der Waals surface area (Å²) < 4.78 is 5.91. The molecule has 26 heavy (non-hydrogen) atoms. The molecule has 2 rings (SSSR count). The van der Waals surface area contributed by atoms with Gasteiger partial charge in [-0.1, -0.05) is 28.1 Å². The zero-order valence-corrected chi connectivity index (χ0v) is 16.2. The van der Waals surface area contributed by atoms with Gasteiger partial charge in [-0.3, -0.25) is 4.79 Å². The molecule has 0 atom stereocenters. The normalized spacial score (nSPS) is 10.1. The Kier molecular flexibility index (Phi) is 6.93. The molecule has 0 unspecified atom stereocenters. The van der Waals surface area contributed by atoms with E-state index in [0.717, 1.165) is 15.6 Å². The van der Waals surface area contributed by atoms with Crippen molar-refractivity contribution in [1.82, 2.24) is 0 Å². The Morgan fingerprint density at radius 2 is 1.85 bits per heavy atom. The quantitative estimate of drug-likeness (QED) is 0.664. The van der Waals surface area contributed by atoms with Crippen molar-refractivity contribution in [1.29, 1.82) is 5.26 Å². The van der Waals surface area contributed by atoms with E-state index in [9.17, 15) is 9.59 Å². The van der Waals surface area contributed by atoms with Gasteiger partial charge in [-0.15, -0.1) is 0 Å². The van der Waals surface area contributed by atoms with Crippen LogP contribution in [0.5, 0.6) is 0 Å². The summed E-state index contributed by atoms with van der Waals surface area (Å²) in [6, 6.07) is 14.6. The number of aryl methyl sites for hydroxylation is 2. The lowest BCUT2D eigenvalue weighted by Gasteiger charge is -2.22. The molecule has 0 saturated carbocycles. The molecule has 0 saturated heterocycles. The van der Waals surface area contributed by atoms with Crippen LogP contribution >= 0.6 is 15.9 Å². The van der Waals surface area contributed by atoms with Gasteiger partial charge in [0.15, 0.2) is 6.61 Å². The van der Waals surface area contributed by atoms with Crippen molar-refractivity contribution in [3.05, 3.63) is 63.6 Å². The van der Waals surface area contributed by atoms with E-state index >= 15 is 0 Å². The van der Waals surface area contributed by atoms with Crippen LogP contribution in [0.4, 0.5) is 5.69 Å². The van der Waals surface area contributed by atoms with Crippen LogP contribution in [-0.4, -0.2) is 25.0 Å². The number of halogens is 1. The van der Waals surface area contributed by atoms with Crippen molar-refractivity contribution in [2.75, 3.05) is 18.1 Å². The molecule has 134 valence electrons. The van der Waals surface area contributed by atoms with E-state index in [-0.39, 0.29) is 25.5 Å². The molecule has 0 fully saturated rings. The van der Waals surface area contributed by atoms with Gasteiger partial charge in [0.05, 0.1) is 18.1 Å². The molecule has 5 nitrogen and oxygen atoms in total. The highest BCUT2D eigenvalue weighted by atomic mass is 79.9. The zero-order chi connectivity index (χ0) is 19.1. The minimum Gasteiger partial charge on any atom is -0.452 e. The van der Waals surface area contributed by atoms with Crippen LogP contribution in [0, 0.1) is 25.2 Å². The maximum absolute atomic E-state index is 12.6. The summed E-state index contributed by atoms with van der Waals surface area (Å²) in [5, 5.41) is 8.87. The Balaban J connectivity index is 2.11. The van der Waals surface area contributed by atoms with E-state index in [1.165, 1.54) is 4.90 Å². The molecule has 0 radical (unpaired) electrons. The van der Waals surface area contributed by atoms with Crippen molar-refractivity contribution < 1.29 is 14.3 Å². The van der Waals surface area contributed by atoms with E-state index in [1.54, 1.807) is 24.3 Å². The van der Waals surface area contributed by atoms with Crippen LogP contribution < -0.4 is 4.90 Å². The average molecular weight is 415 g/mol. The summed E-state index contributed by atoms with van der Waals surface area (Å²) in [5.41, 5.74) is 3.09. The van der Waals surface area contributed by atoms with Crippen molar-refractivity contribution in [3.8, 4) is 6.07 Å². The fourth-order valence-corrected chi connectivity index (χ4v) is 2.97. The third-order valence-electron chi connectivity index (χ3n) is 3.65. The molecule has 2 aromatic carbocycles. The van der Waals surface area contributed by atoms with E-state index < -0.39 is 5.97 Å². The monoisotopic (exact) mass is 414 g/mol.